The Morgan fingerprint density at radius 2 is 2.23 bits per heavy atom. The minimum atomic E-state index is -1.14. The van der Waals surface area contributed by atoms with E-state index < -0.39 is 5.97 Å². The summed E-state index contributed by atoms with van der Waals surface area (Å²) >= 11 is 0. The molecule has 1 N–H and O–H groups in total. The molecule has 0 saturated heterocycles. The number of aromatic nitrogens is 2. The third-order valence-electron chi connectivity index (χ3n) is 2.13. The Morgan fingerprint density at radius 1 is 1.62 bits per heavy atom. The second-order valence-corrected chi connectivity index (χ2v) is 3.29. The molecule has 1 radical (unpaired) electrons. The molecule has 0 aromatic carbocycles. The largest absolute Gasteiger partial charge is 0.475 e. The fourth-order valence-electron chi connectivity index (χ4n) is 0.957. The zero-order valence-corrected chi connectivity index (χ0v) is 10.7. The zero-order valence-electron chi connectivity index (χ0n) is 7.57. The van der Waals surface area contributed by atoms with E-state index in [0.29, 0.717) is 5.89 Å². The summed E-state index contributed by atoms with van der Waals surface area (Å²) in [6.07, 6.45) is 1.99. The second kappa shape index (κ2) is 3.78. The molecular formula is C7H8KN2O3. The van der Waals surface area contributed by atoms with Crippen LogP contribution in [0.4, 0.5) is 0 Å². The topological polar surface area (TPSA) is 76.2 Å². The predicted molar refractivity (Wildman–Crippen MR) is 43.6 cm³/mol. The summed E-state index contributed by atoms with van der Waals surface area (Å²) in [5.74, 6) is -0.952. The molecule has 0 aliphatic heterocycles. The van der Waals surface area contributed by atoms with Crippen molar-refractivity contribution in [2.45, 2.75) is 25.2 Å². The maximum Gasteiger partial charge on any atom is 0.377 e. The molecule has 1 fully saturated rings. The van der Waals surface area contributed by atoms with Crippen molar-refractivity contribution in [3.63, 3.8) is 0 Å². The molecule has 1 aromatic rings. The molecule has 1 heterocycles. The van der Waals surface area contributed by atoms with Crippen LogP contribution in [0.15, 0.2) is 4.52 Å². The van der Waals surface area contributed by atoms with Crippen LogP contribution in [0.25, 0.3) is 0 Å². The van der Waals surface area contributed by atoms with E-state index in [0.717, 1.165) is 12.8 Å². The number of hydrogen-bond acceptors (Lipinski definition) is 4. The quantitative estimate of drug-likeness (QED) is 0.712. The summed E-state index contributed by atoms with van der Waals surface area (Å²) < 4.78 is 4.81. The van der Waals surface area contributed by atoms with Crippen LogP contribution < -0.4 is 0 Å². The Morgan fingerprint density at radius 3 is 2.62 bits per heavy atom. The van der Waals surface area contributed by atoms with Crippen molar-refractivity contribution in [3.05, 3.63) is 11.7 Å². The molecule has 2 rings (SSSR count). The van der Waals surface area contributed by atoms with Crippen LogP contribution >= 0.6 is 0 Å². The van der Waals surface area contributed by atoms with Gasteiger partial charge in [0.2, 0.25) is 5.89 Å². The third kappa shape index (κ3) is 2.19. The number of rotatable bonds is 2. The van der Waals surface area contributed by atoms with Gasteiger partial charge in [-0.05, 0) is 18.0 Å². The second-order valence-electron chi connectivity index (χ2n) is 3.29. The molecule has 1 aliphatic rings. The van der Waals surface area contributed by atoms with Gasteiger partial charge in [0.05, 0.1) is 0 Å². The van der Waals surface area contributed by atoms with Crippen LogP contribution in [0.2, 0.25) is 0 Å². The van der Waals surface area contributed by atoms with Gasteiger partial charge in [0, 0.05) is 56.8 Å². The van der Waals surface area contributed by atoms with Gasteiger partial charge >= 0.3 is 5.97 Å². The average molecular weight is 207 g/mol. The summed E-state index contributed by atoms with van der Waals surface area (Å²) in [6, 6.07) is 0. The first-order valence-corrected chi connectivity index (χ1v) is 3.69. The summed E-state index contributed by atoms with van der Waals surface area (Å²) in [4.78, 5) is 14.1. The molecule has 6 heteroatoms. The Bertz CT molecular complexity index is 332. The number of aromatic carboxylic acids is 1. The van der Waals surface area contributed by atoms with Gasteiger partial charge in [-0.2, -0.15) is 4.98 Å². The molecule has 0 atom stereocenters. The number of nitrogens with zero attached hydrogens (tertiary/aromatic N) is 2. The van der Waals surface area contributed by atoms with E-state index in [4.69, 9.17) is 9.63 Å². The first kappa shape index (κ1) is 11.3. The van der Waals surface area contributed by atoms with Gasteiger partial charge in [-0.3, -0.25) is 0 Å². The van der Waals surface area contributed by atoms with Crippen molar-refractivity contribution < 1.29 is 14.4 Å². The van der Waals surface area contributed by atoms with Crippen LogP contribution in [-0.4, -0.2) is 72.6 Å². The fourth-order valence-corrected chi connectivity index (χ4v) is 0.957. The minimum Gasteiger partial charge on any atom is -0.475 e. The predicted octanol–water partition coefficient (Wildman–Crippen LogP) is 0.438. The van der Waals surface area contributed by atoms with Crippen molar-refractivity contribution in [3.8, 4) is 0 Å². The van der Waals surface area contributed by atoms with Gasteiger partial charge < -0.3 is 9.63 Å². The van der Waals surface area contributed by atoms with Gasteiger partial charge in [-0.1, -0.05) is 6.92 Å². The van der Waals surface area contributed by atoms with Crippen LogP contribution in [0, 0.1) is 0 Å². The van der Waals surface area contributed by atoms with Gasteiger partial charge in [0.25, 0.3) is 5.82 Å². The molecule has 13 heavy (non-hydrogen) atoms. The summed E-state index contributed by atoms with van der Waals surface area (Å²) in [7, 11) is 0. The standard InChI is InChI=1S/C7H8N2O3.K/c1-7(2-3-7)6-8-4(5(10)11)9-12-6;/h2-3H2,1H3,(H,10,11);. The van der Waals surface area contributed by atoms with Gasteiger partial charge in [-0.25, -0.2) is 4.79 Å². The maximum atomic E-state index is 10.4. The van der Waals surface area contributed by atoms with E-state index in [-0.39, 0.29) is 62.6 Å². The van der Waals surface area contributed by atoms with Crippen molar-refractivity contribution in [2.75, 3.05) is 0 Å². The Balaban J connectivity index is 0.000000845. The normalized spacial score (nSPS) is 17.6. The van der Waals surface area contributed by atoms with E-state index in [1.807, 2.05) is 6.92 Å². The van der Waals surface area contributed by atoms with Crippen LogP contribution in [0.1, 0.15) is 36.3 Å². The van der Waals surface area contributed by atoms with Crippen molar-refractivity contribution >= 4 is 57.4 Å². The van der Waals surface area contributed by atoms with E-state index in [2.05, 4.69) is 10.1 Å². The van der Waals surface area contributed by atoms with Crippen LogP contribution in [0.5, 0.6) is 0 Å². The molecule has 0 spiro atoms. The SMILES string of the molecule is CC1(c2nc(C(=O)O)no2)CC1.[K]. The minimum absolute atomic E-state index is 0. The van der Waals surface area contributed by atoms with Gasteiger partial charge in [0.1, 0.15) is 0 Å². The summed E-state index contributed by atoms with van der Waals surface area (Å²) in [6.45, 7) is 1.98. The van der Waals surface area contributed by atoms with Crippen LogP contribution in [-0.2, 0) is 5.41 Å². The molecule has 0 bridgehead atoms. The van der Waals surface area contributed by atoms with Crippen molar-refractivity contribution in [1.29, 1.82) is 0 Å². The van der Waals surface area contributed by atoms with Gasteiger partial charge in [0.15, 0.2) is 0 Å². The number of carbonyl (C=O) groups is 1. The van der Waals surface area contributed by atoms with E-state index in [1.54, 1.807) is 0 Å². The van der Waals surface area contributed by atoms with E-state index >= 15 is 0 Å². The third-order valence-corrected chi connectivity index (χ3v) is 2.13. The average Bonchev–Trinajstić information content (AvgIpc) is 2.61. The first-order valence-electron chi connectivity index (χ1n) is 3.69. The molecule has 1 saturated carbocycles. The molecule has 65 valence electrons. The fraction of sp³-hybridized carbons (Fsp3) is 0.571. The Hall–Kier alpha value is 0.246. The Labute approximate surface area is 117 Å². The van der Waals surface area contributed by atoms with Crippen molar-refractivity contribution in [2.24, 2.45) is 0 Å². The summed E-state index contributed by atoms with van der Waals surface area (Å²) in [5, 5.41) is 11.8. The molecule has 5 nitrogen and oxygen atoms in total. The number of carboxylic acids is 1. The Kier molecular flexibility index (Phi) is 3.29. The molecule has 1 aliphatic carbocycles. The maximum absolute atomic E-state index is 10.4. The van der Waals surface area contributed by atoms with E-state index in [9.17, 15) is 4.79 Å². The molecule has 0 amide bonds. The number of carboxylic acid groups (broad SMARTS) is 1. The molecular weight excluding hydrogens is 199 g/mol. The van der Waals surface area contributed by atoms with Gasteiger partial charge in [-0.15, -0.1) is 0 Å². The number of hydrogen-bond donors (Lipinski definition) is 1. The smallest absolute Gasteiger partial charge is 0.377 e. The first-order chi connectivity index (χ1) is 5.62. The molecule has 1 aromatic heterocycles. The van der Waals surface area contributed by atoms with Crippen LogP contribution in [0.3, 0.4) is 0 Å². The summed E-state index contributed by atoms with van der Waals surface area (Å²) in [5.41, 5.74) is -0.0549. The monoisotopic (exact) mass is 207 g/mol. The van der Waals surface area contributed by atoms with Crippen molar-refractivity contribution in [1.82, 2.24) is 10.1 Å². The van der Waals surface area contributed by atoms with E-state index in [1.165, 1.54) is 0 Å². The zero-order chi connectivity index (χ0) is 8.77. The molecule has 0 unspecified atom stereocenters.